The van der Waals surface area contributed by atoms with Crippen molar-refractivity contribution in [2.24, 2.45) is 0 Å². The topological polar surface area (TPSA) is 96.0 Å². The first-order chi connectivity index (χ1) is 10.6. The van der Waals surface area contributed by atoms with E-state index < -0.39 is 27.3 Å². The minimum atomic E-state index is -4.03. The largest absolute Gasteiger partial charge is 0.446 e. The summed E-state index contributed by atoms with van der Waals surface area (Å²) < 4.78 is 38.2. The fourth-order valence-corrected chi connectivity index (χ4v) is 3.92. The van der Waals surface area contributed by atoms with Gasteiger partial charge in [0.1, 0.15) is 4.99 Å². The van der Waals surface area contributed by atoms with Gasteiger partial charge in [0.2, 0.25) is 11.2 Å². The van der Waals surface area contributed by atoms with E-state index in [0.717, 1.165) is 19.7 Å². The van der Waals surface area contributed by atoms with Gasteiger partial charge in [0.05, 0.1) is 4.90 Å². The molecular formula is C12H17N3O5S3. The summed E-state index contributed by atoms with van der Waals surface area (Å²) in [6.45, 7) is 3.29. The van der Waals surface area contributed by atoms with E-state index in [4.69, 9.17) is 0 Å². The second-order valence-corrected chi connectivity index (χ2v) is 8.85. The molecule has 0 bridgehead atoms. The number of benzene rings is 1. The second kappa shape index (κ2) is 7.81. The summed E-state index contributed by atoms with van der Waals surface area (Å²) >= 11 is 2.35. The van der Waals surface area contributed by atoms with Crippen molar-refractivity contribution in [1.29, 1.82) is 0 Å². The molecule has 0 spiro atoms. The van der Waals surface area contributed by atoms with Crippen molar-refractivity contribution in [2.45, 2.75) is 18.7 Å². The van der Waals surface area contributed by atoms with Gasteiger partial charge in [-0.25, -0.2) is 27.2 Å². The predicted molar refractivity (Wildman–Crippen MR) is 89.9 cm³/mol. The van der Waals surface area contributed by atoms with Gasteiger partial charge in [-0.3, -0.25) is 0 Å². The van der Waals surface area contributed by atoms with Crippen LogP contribution in [0.25, 0.3) is 0 Å². The zero-order valence-electron chi connectivity index (χ0n) is 13.0. The Bertz CT molecular complexity index is 718. The van der Waals surface area contributed by atoms with Crippen LogP contribution >= 0.6 is 12.2 Å². The molecule has 23 heavy (non-hydrogen) atoms. The van der Waals surface area contributed by atoms with Crippen molar-refractivity contribution >= 4 is 44.5 Å². The van der Waals surface area contributed by atoms with Gasteiger partial charge in [-0.15, -0.1) is 0 Å². The number of hydroxylamine groups is 1. The van der Waals surface area contributed by atoms with Gasteiger partial charge in [-0.2, -0.15) is 0 Å². The number of carbonyl (C=O) groups is 1. The highest BCUT2D eigenvalue weighted by molar-refractivity contribution is 8.00. The minimum Gasteiger partial charge on any atom is -0.323 e. The molecule has 11 heteroatoms. The molecule has 0 radical (unpaired) electrons. The number of hydrogen-bond acceptors (Lipinski definition) is 6. The number of carbonyl (C=O) groups excluding carboxylic acids is 1. The molecule has 0 saturated carbocycles. The van der Waals surface area contributed by atoms with Crippen LogP contribution in [0.15, 0.2) is 29.2 Å². The van der Waals surface area contributed by atoms with Crippen LogP contribution in [0.3, 0.4) is 0 Å². The van der Waals surface area contributed by atoms with Crippen molar-refractivity contribution in [3.8, 4) is 0 Å². The lowest BCUT2D eigenvalue weighted by atomic mass is 10.2. The first-order valence-corrected chi connectivity index (χ1v) is 9.17. The third-order valence-corrected chi connectivity index (χ3v) is 6.31. The lowest BCUT2D eigenvalue weighted by Crippen LogP contribution is -2.42. The van der Waals surface area contributed by atoms with Gasteiger partial charge < -0.3 is 4.84 Å². The Morgan fingerprint density at radius 3 is 2.26 bits per heavy atom. The number of amides is 1. The Kier molecular flexibility index (Phi) is 6.62. The molecule has 1 atom stereocenters. The van der Waals surface area contributed by atoms with E-state index >= 15 is 0 Å². The van der Waals surface area contributed by atoms with E-state index in [1.54, 1.807) is 12.1 Å². The number of nitrogens with one attached hydrogen (secondary N) is 1. The molecule has 1 rings (SSSR count). The summed E-state index contributed by atoms with van der Waals surface area (Å²) in [7, 11) is -1.78. The highest BCUT2D eigenvalue weighted by Crippen LogP contribution is 2.17. The van der Waals surface area contributed by atoms with Gasteiger partial charge in [0.25, 0.3) is 10.0 Å². The van der Waals surface area contributed by atoms with Crippen molar-refractivity contribution in [3.63, 3.8) is 0 Å². The minimum absolute atomic E-state index is 0.0337. The lowest BCUT2D eigenvalue weighted by molar-refractivity contribution is 0.106. The molecule has 0 aliphatic carbocycles. The van der Waals surface area contributed by atoms with Crippen LogP contribution in [0.1, 0.15) is 12.5 Å². The van der Waals surface area contributed by atoms with Gasteiger partial charge in [-0.1, -0.05) is 33.6 Å². The Labute approximate surface area is 143 Å². The molecule has 128 valence electrons. The van der Waals surface area contributed by atoms with Crippen LogP contribution in [0.4, 0.5) is 4.79 Å². The van der Waals surface area contributed by atoms with E-state index in [1.807, 2.05) is 6.92 Å². The van der Waals surface area contributed by atoms with Crippen LogP contribution in [-0.2, 0) is 26.0 Å². The lowest BCUT2D eigenvalue weighted by Gasteiger charge is -2.22. The number of nitrogens with zero attached hydrogens (tertiary/aromatic N) is 2. The van der Waals surface area contributed by atoms with E-state index in [0.29, 0.717) is 8.02 Å². The Hall–Kier alpha value is -1.56. The average molecular weight is 379 g/mol. The van der Waals surface area contributed by atoms with Gasteiger partial charge in [0.15, 0.2) is 0 Å². The first kappa shape index (κ1) is 19.5. The van der Waals surface area contributed by atoms with Crippen LogP contribution in [0.2, 0.25) is 0 Å². The Morgan fingerprint density at radius 2 is 1.78 bits per heavy atom. The zero-order valence-corrected chi connectivity index (χ0v) is 15.4. The summed E-state index contributed by atoms with van der Waals surface area (Å²) in [5, 5.41) is 0. The highest BCUT2D eigenvalue weighted by atomic mass is 32.3. The number of hydrogen-bond donors (Lipinski definition) is 1. The van der Waals surface area contributed by atoms with Gasteiger partial charge in [-0.05, 0) is 26.0 Å². The quantitative estimate of drug-likeness (QED) is 0.618. The van der Waals surface area contributed by atoms with Crippen LogP contribution in [-0.4, -0.2) is 45.8 Å². The number of sulfonamides is 1. The second-order valence-electron chi connectivity index (χ2n) is 4.48. The molecule has 0 aromatic heterocycles. The standard InChI is InChI=1S/C12H17N3O5S3/c1-9-5-7-11(8-6-9)23(18,19)15(4)22(17)14(3)12(16)20-13-10(2)21/h5-8H,1-4H3,(H,13,21). The normalized spacial score (nSPS) is 12.6. The fourth-order valence-electron chi connectivity index (χ4n) is 1.36. The first-order valence-electron chi connectivity index (χ1n) is 6.26. The van der Waals surface area contributed by atoms with Crippen molar-refractivity contribution in [3.05, 3.63) is 29.8 Å². The zero-order chi connectivity index (χ0) is 17.8. The summed E-state index contributed by atoms with van der Waals surface area (Å²) in [5.74, 6) is 0. The fraction of sp³-hybridized carbons (Fsp3) is 0.333. The van der Waals surface area contributed by atoms with Crippen molar-refractivity contribution in [1.82, 2.24) is 13.5 Å². The highest BCUT2D eigenvalue weighted by Gasteiger charge is 2.31. The molecule has 1 unspecified atom stereocenters. The van der Waals surface area contributed by atoms with Crippen molar-refractivity contribution in [2.75, 3.05) is 14.1 Å². The molecule has 0 fully saturated rings. The van der Waals surface area contributed by atoms with E-state index in [-0.39, 0.29) is 9.88 Å². The van der Waals surface area contributed by atoms with Crippen LogP contribution < -0.4 is 5.48 Å². The molecule has 1 N–H and O–H groups in total. The van der Waals surface area contributed by atoms with Gasteiger partial charge in [0, 0.05) is 14.1 Å². The molecule has 1 aromatic rings. The maximum atomic E-state index is 12.4. The number of aryl methyl sites for hydroxylation is 1. The molecule has 0 aliphatic heterocycles. The smallest absolute Gasteiger partial charge is 0.323 e. The summed E-state index contributed by atoms with van der Waals surface area (Å²) in [6.07, 6.45) is -1.04. The van der Waals surface area contributed by atoms with E-state index in [9.17, 15) is 17.4 Å². The Morgan fingerprint density at radius 1 is 1.26 bits per heavy atom. The average Bonchev–Trinajstić information content (AvgIpc) is 2.50. The molecule has 0 saturated heterocycles. The Balaban J connectivity index is 2.92. The van der Waals surface area contributed by atoms with Crippen molar-refractivity contribution < 1.29 is 22.3 Å². The van der Waals surface area contributed by atoms with Crippen LogP contribution in [0.5, 0.6) is 0 Å². The SMILES string of the molecule is CC(=S)NOC(=O)N(C)S(=O)N(C)S(=O)(=O)c1ccc(C)cc1. The monoisotopic (exact) mass is 379 g/mol. The molecule has 0 heterocycles. The molecule has 0 aliphatic rings. The predicted octanol–water partition coefficient (Wildman–Crippen LogP) is 1.11. The summed E-state index contributed by atoms with van der Waals surface area (Å²) in [5.41, 5.74) is 3.02. The molecule has 1 aromatic carbocycles. The third-order valence-electron chi connectivity index (χ3n) is 2.65. The molecular weight excluding hydrogens is 362 g/mol. The van der Waals surface area contributed by atoms with Crippen LogP contribution in [0, 0.1) is 6.92 Å². The summed E-state index contributed by atoms with van der Waals surface area (Å²) in [6, 6.07) is 6.03. The third kappa shape index (κ3) is 4.96. The van der Waals surface area contributed by atoms with E-state index in [2.05, 4.69) is 22.5 Å². The van der Waals surface area contributed by atoms with Gasteiger partial charge >= 0.3 is 6.09 Å². The molecule has 8 nitrogen and oxygen atoms in total. The van der Waals surface area contributed by atoms with E-state index in [1.165, 1.54) is 19.1 Å². The maximum Gasteiger partial charge on any atom is 0.446 e. The number of thiocarbonyl (C=S) groups is 1. The number of rotatable bonds is 4. The maximum absolute atomic E-state index is 12.4. The summed E-state index contributed by atoms with van der Waals surface area (Å²) in [4.78, 5) is 16.4. The molecule has 1 amide bonds.